The van der Waals surface area contributed by atoms with Crippen LogP contribution >= 0.6 is 0 Å². The number of aromatic nitrogens is 1. The first kappa shape index (κ1) is 13.5. The first-order chi connectivity index (χ1) is 8.72. The van der Waals surface area contributed by atoms with E-state index in [1.165, 1.54) is 25.7 Å². The summed E-state index contributed by atoms with van der Waals surface area (Å²) in [5.41, 5.74) is 0.505. The van der Waals surface area contributed by atoms with Crippen LogP contribution in [0.2, 0.25) is 0 Å². The smallest absolute Gasteiger partial charge is 0.0703 e. The minimum absolute atomic E-state index is 0.517. The van der Waals surface area contributed by atoms with Crippen LogP contribution in [0.3, 0.4) is 0 Å². The highest BCUT2D eigenvalue weighted by atomic mass is 16.3. The first-order valence-corrected chi connectivity index (χ1v) is 7.34. The van der Waals surface area contributed by atoms with E-state index >= 15 is 0 Å². The Balaban J connectivity index is 1.95. The molecule has 0 saturated heterocycles. The largest absolute Gasteiger partial charge is 0.389 e. The summed E-state index contributed by atoms with van der Waals surface area (Å²) in [6.45, 7) is 2.25. The molecule has 2 heteroatoms. The molecule has 1 aliphatic rings. The molecule has 1 aromatic rings. The van der Waals surface area contributed by atoms with Gasteiger partial charge < -0.3 is 5.11 Å². The van der Waals surface area contributed by atoms with Crippen LogP contribution in [0.5, 0.6) is 0 Å². The van der Waals surface area contributed by atoms with Crippen molar-refractivity contribution in [3.8, 4) is 0 Å². The molecule has 1 N–H and O–H groups in total. The van der Waals surface area contributed by atoms with E-state index in [-0.39, 0.29) is 0 Å². The van der Waals surface area contributed by atoms with Crippen molar-refractivity contribution in [3.63, 3.8) is 0 Å². The maximum Gasteiger partial charge on any atom is 0.0703 e. The van der Waals surface area contributed by atoms with Crippen LogP contribution in [0.15, 0.2) is 24.4 Å². The van der Waals surface area contributed by atoms with E-state index in [0.29, 0.717) is 6.42 Å². The fraction of sp³-hybridized carbons (Fsp3) is 0.688. The zero-order chi connectivity index (χ0) is 12.8. The van der Waals surface area contributed by atoms with Gasteiger partial charge in [0.15, 0.2) is 0 Å². The van der Waals surface area contributed by atoms with E-state index in [0.717, 1.165) is 30.9 Å². The minimum Gasteiger partial charge on any atom is -0.389 e. The van der Waals surface area contributed by atoms with Crippen molar-refractivity contribution < 1.29 is 5.11 Å². The molecule has 18 heavy (non-hydrogen) atoms. The Morgan fingerprint density at radius 2 is 2.22 bits per heavy atom. The molecule has 1 aliphatic carbocycles. The first-order valence-electron chi connectivity index (χ1n) is 7.34. The molecular weight excluding hydrogens is 222 g/mol. The molecule has 2 nitrogen and oxygen atoms in total. The van der Waals surface area contributed by atoms with Crippen LogP contribution in [0.1, 0.15) is 57.6 Å². The quantitative estimate of drug-likeness (QED) is 0.822. The summed E-state index contributed by atoms with van der Waals surface area (Å²) in [6, 6.07) is 5.95. The van der Waals surface area contributed by atoms with E-state index in [1.54, 1.807) is 0 Å². The maximum absolute atomic E-state index is 10.8. The van der Waals surface area contributed by atoms with E-state index in [4.69, 9.17) is 0 Å². The highest BCUT2D eigenvalue weighted by Gasteiger charge is 2.31. The van der Waals surface area contributed by atoms with Crippen LogP contribution in [-0.4, -0.2) is 15.7 Å². The highest BCUT2D eigenvalue weighted by Crippen LogP contribution is 2.34. The lowest BCUT2D eigenvalue weighted by molar-refractivity contribution is 0.0232. The molecule has 1 fully saturated rings. The molecule has 1 saturated carbocycles. The number of rotatable bonds is 4. The lowest BCUT2D eigenvalue weighted by Gasteiger charge is -2.26. The number of aliphatic hydroxyl groups is 1. The molecule has 0 bridgehead atoms. The SMILES string of the molecule is CCCC1CCCC(O)(Cc2ccccn2)CC1. The molecule has 100 valence electrons. The Kier molecular flexibility index (Phi) is 4.76. The summed E-state index contributed by atoms with van der Waals surface area (Å²) < 4.78 is 0. The zero-order valence-electron chi connectivity index (χ0n) is 11.4. The van der Waals surface area contributed by atoms with E-state index < -0.39 is 5.60 Å². The standard InChI is InChI=1S/C16H25NO/c1-2-6-14-7-5-10-16(18,11-9-14)13-15-8-3-4-12-17-15/h3-4,8,12,14,18H,2,5-7,9-11,13H2,1H3. The summed E-state index contributed by atoms with van der Waals surface area (Å²) in [7, 11) is 0. The van der Waals surface area contributed by atoms with Crippen molar-refractivity contribution in [2.24, 2.45) is 5.92 Å². The topological polar surface area (TPSA) is 33.1 Å². The van der Waals surface area contributed by atoms with E-state index in [2.05, 4.69) is 11.9 Å². The highest BCUT2D eigenvalue weighted by molar-refractivity contribution is 5.07. The third-order valence-electron chi connectivity index (χ3n) is 4.21. The number of pyridine rings is 1. The molecule has 1 aromatic heterocycles. The second-order valence-corrected chi connectivity index (χ2v) is 5.81. The molecule has 1 heterocycles. The van der Waals surface area contributed by atoms with Crippen molar-refractivity contribution in [2.75, 3.05) is 0 Å². The summed E-state index contributed by atoms with van der Waals surface area (Å²) in [6.07, 6.45) is 10.6. The predicted molar refractivity (Wildman–Crippen MR) is 74.4 cm³/mol. The van der Waals surface area contributed by atoms with Gasteiger partial charge in [0.2, 0.25) is 0 Å². The third kappa shape index (κ3) is 3.81. The van der Waals surface area contributed by atoms with Gasteiger partial charge in [-0.2, -0.15) is 0 Å². The maximum atomic E-state index is 10.8. The van der Waals surface area contributed by atoms with Crippen LogP contribution in [0, 0.1) is 5.92 Å². The molecule has 0 aromatic carbocycles. The molecule has 0 spiro atoms. The van der Waals surface area contributed by atoms with Crippen molar-refractivity contribution in [3.05, 3.63) is 30.1 Å². The molecule has 2 unspecified atom stereocenters. The molecule has 0 aliphatic heterocycles. The average molecular weight is 247 g/mol. The Bertz CT molecular complexity index is 351. The van der Waals surface area contributed by atoms with Crippen LogP contribution in [0.25, 0.3) is 0 Å². The average Bonchev–Trinajstić information content (AvgIpc) is 2.54. The lowest BCUT2D eigenvalue weighted by Crippen LogP contribution is -2.31. The van der Waals surface area contributed by atoms with Gasteiger partial charge in [-0.05, 0) is 37.3 Å². The normalized spacial score (nSPS) is 28.9. The van der Waals surface area contributed by atoms with Gasteiger partial charge >= 0.3 is 0 Å². The van der Waals surface area contributed by atoms with Gasteiger partial charge in [-0.1, -0.05) is 38.7 Å². The van der Waals surface area contributed by atoms with Crippen molar-refractivity contribution in [1.29, 1.82) is 0 Å². The fourth-order valence-electron chi connectivity index (χ4n) is 3.18. The predicted octanol–water partition coefficient (Wildman–Crippen LogP) is 3.74. The third-order valence-corrected chi connectivity index (χ3v) is 4.21. The van der Waals surface area contributed by atoms with E-state index in [9.17, 15) is 5.11 Å². The van der Waals surface area contributed by atoms with Crippen LogP contribution in [-0.2, 0) is 6.42 Å². The number of nitrogens with zero attached hydrogens (tertiary/aromatic N) is 1. The number of hydrogen-bond donors (Lipinski definition) is 1. The van der Waals surface area contributed by atoms with Crippen LogP contribution in [0.4, 0.5) is 0 Å². The van der Waals surface area contributed by atoms with Gasteiger partial charge in [-0.15, -0.1) is 0 Å². The Morgan fingerprint density at radius 3 is 2.94 bits per heavy atom. The summed E-state index contributed by atoms with van der Waals surface area (Å²) in [5, 5.41) is 10.8. The second-order valence-electron chi connectivity index (χ2n) is 5.81. The molecule has 2 atom stereocenters. The molecule has 0 radical (unpaired) electrons. The Morgan fingerprint density at radius 1 is 1.33 bits per heavy atom. The van der Waals surface area contributed by atoms with Crippen molar-refractivity contribution in [1.82, 2.24) is 4.98 Å². The Labute approximate surface area is 110 Å². The Hall–Kier alpha value is -0.890. The summed E-state index contributed by atoms with van der Waals surface area (Å²) in [4.78, 5) is 4.34. The van der Waals surface area contributed by atoms with Gasteiger partial charge in [0.05, 0.1) is 5.60 Å². The molecule has 2 rings (SSSR count). The lowest BCUT2D eigenvalue weighted by atomic mass is 9.88. The number of hydrogen-bond acceptors (Lipinski definition) is 2. The van der Waals surface area contributed by atoms with Gasteiger partial charge in [-0.25, -0.2) is 0 Å². The van der Waals surface area contributed by atoms with Gasteiger partial charge in [-0.3, -0.25) is 4.98 Å². The van der Waals surface area contributed by atoms with E-state index in [1.807, 2.05) is 24.4 Å². The zero-order valence-corrected chi connectivity index (χ0v) is 11.4. The van der Waals surface area contributed by atoms with Crippen LogP contribution < -0.4 is 0 Å². The molecular formula is C16H25NO. The van der Waals surface area contributed by atoms with Gasteiger partial charge in [0, 0.05) is 18.3 Å². The van der Waals surface area contributed by atoms with Gasteiger partial charge in [0.1, 0.15) is 0 Å². The fourth-order valence-corrected chi connectivity index (χ4v) is 3.18. The summed E-state index contributed by atoms with van der Waals surface area (Å²) >= 11 is 0. The van der Waals surface area contributed by atoms with Crippen molar-refractivity contribution >= 4 is 0 Å². The van der Waals surface area contributed by atoms with Gasteiger partial charge in [0.25, 0.3) is 0 Å². The summed E-state index contributed by atoms with van der Waals surface area (Å²) in [5.74, 6) is 0.827. The monoisotopic (exact) mass is 247 g/mol. The van der Waals surface area contributed by atoms with Crippen molar-refractivity contribution in [2.45, 2.75) is 63.9 Å². The second kappa shape index (κ2) is 6.33. The minimum atomic E-state index is -0.517. The molecule has 0 amide bonds.